The van der Waals surface area contributed by atoms with Crippen LogP contribution in [0.2, 0.25) is 0 Å². The molecule has 1 aromatic heterocycles. The van der Waals surface area contributed by atoms with Crippen molar-refractivity contribution in [2.24, 2.45) is 0 Å². The van der Waals surface area contributed by atoms with Crippen LogP contribution in [-0.2, 0) is 20.8 Å². The van der Waals surface area contributed by atoms with Gasteiger partial charge in [-0.2, -0.15) is 0 Å². The topological polar surface area (TPSA) is 69.7 Å². The number of benzene rings is 1. The van der Waals surface area contributed by atoms with Gasteiger partial charge in [-0.1, -0.05) is 24.3 Å². The Morgan fingerprint density at radius 3 is 2.64 bits per heavy atom. The lowest BCUT2D eigenvalue weighted by Crippen LogP contribution is -2.34. The van der Waals surface area contributed by atoms with E-state index >= 15 is 0 Å². The maximum absolute atomic E-state index is 12.0. The molecule has 1 amide bonds. The van der Waals surface area contributed by atoms with Gasteiger partial charge in [0, 0.05) is 25.4 Å². The summed E-state index contributed by atoms with van der Waals surface area (Å²) in [4.78, 5) is 16.2. The van der Waals surface area contributed by atoms with E-state index in [9.17, 15) is 4.79 Å². The first-order valence-corrected chi connectivity index (χ1v) is 8.34. The van der Waals surface area contributed by atoms with Gasteiger partial charge in [-0.3, -0.25) is 4.79 Å². The van der Waals surface area contributed by atoms with Crippen LogP contribution in [0.25, 0.3) is 0 Å². The zero-order chi connectivity index (χ0) is 17.9. The van der Waals surface area contributed by atoms with Gasteiger partial charge in [0.2, 0.25) is 11.8 Å². The van der Waals surface area contributed by atoms with Crippen LogP contribution in [-0.4, -0.2) is 36.8 Å². The zero-order valence-electron chi connectivity index (χ0n) is 14.6. The number of aromatic nitrogens is 1. The van der Waals surface area contributed by atoms with Crippen LogP contribution in [0.3, 0.4) is 0 Å². The molecule has 1 atom stereocenters. The fraction of sp³-hybridized carbons (Fsp3) is 0.368. The van der Waals surface area contributed by atoms with Crippen LogP contribution >= 0.6 is 0 Å². The molecule has 0 saturated carbocycles. The number of hydrogen-bond donors (Lipinski definition) is 1. The summed E-state index contributed by atoms with van der Waals surface area (Å²) in [6.45, 7) is 5.55. The summed E-state index contributed by atoms with van der Waals surface area (Å²) in [6, 6.07) is 13.1. The van der Waals surface area contributed by atoms with Crippen LogP contribution in [0.15, 0.2) is 48.7 Å². The number of hydrogen-bond acceptors (Lipinski definition) is 5. The van der Waals surface area contributed by atoms with Gasteiger partial charge < -0.3 is 19.5 Å². The quantitative estimate of drug-likeness (QED) is 0.671. The minimum absolute atomic E-state index is 0.166. The highest BCUT2D eigenvalue weighted by Crippen LogP contribution is 2.18. The van der Waals surface area contributed by atoms with Gasteiger partial charge in [0.1, 0.15) is 11.9 Å². The molecule has 134 valence electrons. The fourth-order valence-corrected chi connectivity index (χ4v) is 2.02. The van der Waals surface area contributed by atoms with Gasteiger partial charge in [-0.05, 0) is 31.5 Å². The molecule has 0 bridgehead atoms. The maximum Gasteiger partial charge on any atom is 0.249 e. The first kappa shape index (κ1) is 18.9. The molecule has 6 heteroatoms. The summed E-state index contributed by atoms with van der Waals surface area (Å²) in [5.74, 6) is 1.07. The molecule has 0 aliphatic carbocycles. The predicted octanol–water partition coefficient (Wildman–Crippen LogP) is 2.93. The van der Waals surface area contributed by atoms with Crippen molar-refractivity contribution in [1.29, 1.82) is 0 Å². The molecule has 0 spiro atoms. The number of ether oxygens (including phenoxy) is 3. The van der Waals surface area contributed by atoms with Crippen molar-refractivity contribution in [3.05, 3.63) is 54.2 Å². The number of amides is 1. The lowest BCUT2D eigenvalue weighted by molar-refractivity contribution is -0.132. The van der Waals surface area contributed by atoms with Gasteiger partial charge in [-0.25, -0.2) is 4.98 Å². The Balaban J connectivity index is 1.74. The molecule has 25 heavy (non-hydrogen) atoms. The third kappa shape index (κ3) is 6.91. The minimum Gasteiger partial charge on any atom is -0.439 e. The van der Waals surface area contributed by atoms with E-state index in [1.807, 2.05) is 43.3 Å². The van der Waals surface area contributed by atoms with Crippen molar-refractivity contribution >= 4 is 5.91 Å². The molecule has 1 aromatic carbocycles. The molecule has 2 aromatic rings. The second-order valence-corrected chi connectivity index (χ2v) is 5.35. The van der Waals surface area contributed by atoms with E-state index in [-0.39, 0.29) is 5.91 Å². The molecule has 0 fully saturated rings. The summed E-state index contributed by atoms with van der Waals surface area (Å²) >= 11 is 0. The van der Waals surface area contributed by atoms with E-state index < -0.39 is 6.10 Å². The van der Waals surface area contributed by atoms with Crippen molar-refractivity contribution in [3.63, 3.8) is 0 Å². The first-order valence-electron chi connectivity index (χ1n) is 8.34. The Bertz CT molecular complexity index is 632. The van der Waals surface area contributed by atoms with E-state index in [0.29, 0.717) is 32.2 Å². The summed E-state index contributed by atoms with van der Waals surface area (Å²) in [5, 5.41) is 2.82. The molecular weight excluding hydrogens is 320 g/mol. The van der Waals surface area contributed by atoms with Crippen molar-refractivity contribution in [1.82, 2.24) is 10.3 Å². The minimum atomic E-state index is -0.519. The normalized spacial score (nSPS) is 11.8. The smallest absolute Gasteiger partial charge is 0.249 e. The summed E-state index contributed by atoms with van der Waals surface area (Å²) in [5.41, 5.74) is 0.885. The largest absolute Gasteiger partial charge is 0.439 e. The molecule has 2 rings (SSSR count). The Morgan fingerprint density at radius 2 is 1.96 bits per heavy atom. The highest BCUT2D eigenvalue weighted by molar-refractivity contribution is 5.80. The van der Waals surface area contributed by atoms with Crippen molar-refractivity contribution in [2.75, 3.05) is 19.8 Å². The molecule has 0 saturated heterocycles. The summed E-state index contributed by atoms with van der Waals surface area (Å²) in [6.07, 6.45) is 1.16. The number of nitrogens with one attached hydrogen (secondary N) is 1. The molecule has 1 heterocycles. The summed E-state index contributed by atoms with van der Waals surface area (Å²) in [7, 11) is 0. The second kappa shape index (κ2) is 10.4. The van der Waals surface area contributed by atoms with Crippen LogP contribution in [0.5, 0.6) is 11.6 Å². The van der Waals surface area contributed by atoms with Gasteiger partial charge in [0.15, 0.2) is 0 Å². The van der Waals surface area contributed by atoms with Gasteiger partial charge in [0.05, 0.1) is 13.2 Å². The van der Waals surface area contributed by atoms with E-state index in [1.165, 1.54) is 0 Å². The lowest BCUT2D eigenvalue weighted by Gasteiger charge is -2.13. The lowest BCUT2D eigenvalue weighted by atomic mass is 10.2. The third-order valence-corrected chi connectivity index (χ3v) is 3.40. The SMILES string of the molecule is CCOCCO[C@H](C)C(=O)NCc1ccc(Oc2ccccc2)nc1. The Morgan fingerprint density at radius 1 is 1.16 bits per heavy atom. The Labute approximate surface area is 148 Å². The first-order chi connectivity index (χ1) is 12.2. The van der Waals surface area contributed by atoms with E-state index in [4.69, 9.17) is 14.2 Å². The monoisotopic (exact) mass is 344 g/mol. The molecule has 0 aliphatic rings. The van der Waals surface area contributed by atoms with E-state index in [0.717, 1.165) is 11.3 Å². The van der Waals surface area contributed by atoms with Crippen molar-refractivity contribution in [2.45, 2.75) is 26.5 Å². The zero-order valence-corrected chi connectivity index (χ0v) is 14.6. The second-order valence-electron chi connectivity index (χ2n) is 5.35. The molecule has 0 radical (unpaired) electrons. The average molecular weight is 344 g/mol. The van der Waals surface area contributed by atoms with Crippen LogP contribution < -0.4 is 10.1 Å². The standard InChI is InChI=1S/C19H24N2O4/c1-3-23-11-12-24-15(2)19(22)21-14-16-9-10-18(20-13-16)25-17-7-5-4-6-8-17/h4-10,13,15H,3,11-12,14H2,1-2H3,(H,21,22)/t15-/m1/s1. The highest BCUT2D eigenvalue weighted by Gasteiger charge is 2.12. The Kier molecular flexibility index (Phi) is 7.88. The van der Waals surface area contributed by atoms with E-state index in [1.54, 1.807) is 19.2 Å². The van der Waals surface area contributed by atoms with Crippen LogP contribution in [0.4, 0.5) is 0 Å². The number of pyridine rings is 1. The fourth-order valence-electron chi connectivity index (χ4n) is 2.02. The average Bonchev–Trinajstić information content (AvgIpc) is 2.65. The van der Waals surface area contributed by atoms with Crippen LogP contribution in [0.1, 0.15) is 19.4 Å². The number of carbonyl (C=O) groups is 1. The van der Waals surface area contributed by atoms with Gasteiger partial charge >= 0.3 is 0 Å². The van der Waals surface area contributed by atoms with Crippen molar-refractivity contribution in [3.8, 4) is 11.6 Å². The molecule has 0 unspecified atom stereocenters. The van der Waals surface area contributed by atoms with Gasteiger partial charge in [0.25, 0.3) is 0 Å². The number of nitrogens with zero attached hydrogens (tertiary/aromatic N) is 1. The van der Waals surface area contributed by atoms with Crippen LogP contribution in [0, 0.1) is 0 Å². The third-order valence-electron chi connectivity index (χ3n) is 3.40. The summed E-state index contributed by atoms with van der Waals surface area (Å²) < 4.78 is 16.2. The van der Waals surface area contributed by atoms with E-state index in [2.05, 4.69) is 10.3 Å². The Hall–Kier alpha value is -2.44. The molecule has 6 nitrogen and oxygen atoms in total. The van der Waals surface area contributed by atoms with Crippen molar-refractivity contribution < 1.29 is 19.0 Å². The number of carbonyl (C=O) groups excluding carboxylic acids is 1. The highest BCUT2D eigenvalue weighted by atomic mass is 16.5. The molecule has 0 aliphatic heterocycles. The number of rotatable bonds is 10. The molecule has 1 N–H and O–H groups in total. The number of para-hydroxylation sites is 1. The van der Waals surface area contributed by atoms with Gasteiger partial charge in [-0.15, -0.1) is 0 Å². The maximum atomic E-state index is 12.0. The molecular formula is C19H24N2O4. The predicted molar refractivity (Wildman–Crippen MR) is 94.5 cm³/mol.